The van der Waals surface area contributed by atoms with Crippen LogP contribution < -0.4 is 20.3 Å². The van der Waals surface area contributed by atoms with Crippen molar-refractivity contribution in [3.05, 3.63) is 64.1 Å². The van der Waals surface area contributed by atoms with Crippen LogP contribution >= 0.6 is 0 Å². The first-order valence-corrected chi connectivity index (χ1v) is 9.24. The molecule has 0 aliphatic rings. The Labute approximate surface area is 171 Å². The second-order valence-electron chi connectivity index (χ2n) is 6.56. The van der Waals surface area contributed by atoms with E-state index in [9.17, 15) is 18.4 Å². The van der Waals surface area contributed by atoms with Crippen LogP contribution in [0.25, 0.3) is 10.8 Å². The summed E-state index contributed by atoms with van der Waals surface area (Å²) in [5, 5.41) is 8.16. The Hall–Kier alpha value is -3.49. The van der Waals surface area contributed by atoms with Crippen LogP contribution in [0.4, 0.5) is 8.78 Å². The van der Waals surface area contributed by atoms with Crippen molar-refractivity contribution in [2.75, 3.05) is 13.7 Å². The van der Waals surface area contributed by atoms with E-state index in [0.717, 1.165) is 10.1 Å². The fourth-order valence-corrected chi connectivity index (χ4v) is 3.11. The summed E-state index contributed by atoms with van der Waals surface area (Å²) in [5.74, 6) is -0.254. The SMILES string of the molecule is COc1ccc(CCNC(=O)Cn2nc(C)c3ccccc3c2=O)cc1OC(F)F. The lowest BCUT2D eigenvalue weighted by Gasteiger charge is -2.12. The van der Waals surface area contributed by atoms with Crippen LogP contribution in [0.15, 0.2) is 47.3 Å². The van der Waals surface area contributed by atoms with Crippen molar-refractivity contribution in [2.24, 2.45) is 0 Å². The molecule has 0 unspecified atom stereocenters. The molecule has 7 nitrogen and oxygen atoms in total. The first kappa shape index (κ1) is 21.2. The summed E-state index contributed by atoms with van der Waals surface area (Å²) in [5.41, 5.74) is 1.00. The number of hydrogen-bond donors (Lipinski definition) is 1. The number of nitrogens with zero attached hydrogens (tertiary/aromatic N) is 2. The number of halogens is 2. The number of ether oxygens (including phenoxy) is 2. The molecule has 1 N–H and O–H groups in total. The molecule has 158 valence electrons. The van der Waals surface area contributed by atoms with Gasteiger partial charge in [-0.3, -0.25) is 9.59 Å². The Balaban J connectivity index is 1.63. The lowest BCUT2D eigenvalue weighted by atomic mass is 10.1. The smallest absolute Gasteiger partial charge is 0.387 e. The van der Waals surface area contributed by atoms with Crippen LogP contribution in [0.1, 0.15) is 11.3 Å². The van der Waals surface area contributed by atoms with Gasteiger partial charge >= 0.3 is 6.61 Å². The average Bonchev–Trinajstić information content (AvgIpc) is 2.71. The summed E-state index contributed by atoms with van der Waals surface area (Å²) in [6.45, 7) is -1.16. The first-order valence-electron chi connectivity index (χ1n) is 9.24. The third kappa shape index (κ3) is 4.91. The monoisotopic (exact) mass is 417 g/mol. The van der Waals surface area contributed by atoms with Gasteiger partial charge < -0.3 is 14.8 Å². The van der Waals surface area contributed by atoms with Crippen molar-refractivity contribution in [3.8, 4) is 11.5 Å². The maximum atomic E-state index is 12.5. The Morgan fingerprint density at radius 2 is 1.90 bits per heavy atom. The van der Waals surface area contributed by atoms with Gasteiger partial charge in [-0.2, -0.15) is 13.9 Å². The van der Waals surface area contributed by atoms with Gasteiger partial charge in [-0.1, -0.05) is 24.3 Å². The second kappa shape index (κ2) is 9.34. The van der Waals surface area contributed by atoms with Crippen molar-refractivity contribution in [2.45, 2.75) is 26.5 Å². The maximum absolute atomic E-state index is 12.5. The number of nitrogens with one attached hydrogen (secondary N) is 1. The van der Waals surface area contributed by atoms with E-state index >= 15 is 0 Å². The molecule has 30 heavy (non-hydrogen) atoms. The van der Waals surface area contributed by atoms with E-state index in [0.29, 0.717) is 23.1 Å². The molecule has 0 spiro atoms. The number of aryl methyl sites for hydroxylation is 1. The lowest BCUT2D eigenvalue weighted by molar-refractivity contribution is -0.121. The largest absolute Gasteiger partial charge is 0.493 e. The minimum absolute atomic E-state index is 0.0706. The van der Waals surface area contributed by atoms with E-state index in [2.05, 4.69) is 15.2 Å². The molecule has 0 atom stereocenters. The van der Waals surface area contributed by atoms with Crippen molar-refractivity contribution in [3.63, 3.8) is 0 Å². The van der Waals surface area contributed by atoms with Crippen LogP contribution in [-0.2, 0) is 17.8 Å². The minimum Gasteiger partial charge on any atom is -0.493 e. The number of carbonyl (C=O) groups is 1. The lowest BCUT2D eigenvalue weighted by Crippen LogP contribution is -2.35. The summed E-state index contributed by atoms with van der Waals surface area (Å²) in [6, 6.07) is 11.8. The van der Waals surface area contributed by atoms with Gasteiger partial charge in [0.15, 0.2) is 11.5 Å². The van der Waals surface area contributed by atoms with Crippen LogP contribution in [0.3, 0.4) is 0 Å². The molecule has 1 heterocycles. The van der Waals surface area contributed by atoms with Gasteiger partial charge in [-0.25, -0.2) is 4.68 Å². The Bertz CT molecular complexity index is 1120. The molecule has 0 saturated carbocycles. The highest BCUT2D eigenvalue weighted by molar-refractivity contribution is 5.83. The maximum Gasteiger partial charge on any atom is 0.387 e. The minimum atomic E-state index is -2.97. The number of rotatable bonds is 8. The fraction of sp³-hybridized carbons (Fsp3) is 0.286. The molecular formula is C21H21F2N3O4. The number of hydrogen-bond acceptors (Lipinski definition) is 5. The molecule has 0 aliphatic heterocycles. The van der Waals surface area contributed by atoms with E-state index in [1.165, 1.54) is 19.2 Å². The Morgan fingerprint density at radius 1 is 1.17 bits per heavy atom. The molecule has 1 amide bonds. The number of amides is 1. The number of benzene rings is 2. The number of alkyl halides is 2. The standard InChI is InChI=1S/C21H21F2N3O4/c1-13-15-5-3-4-6-16(15)20(28)26(25-13)12-19(27)24-10-9-14-7-8-17(29-2)18(11-14)30-21(22)23/h3-8,11,21H,9-10,12H2,1-2H3,(H,24,27). The molecule has 9 heteroatoms. The number of fused-ring (bicyclic) bond motifs is 1. The fourth-order valence-electron chi connectivity index (χ4n) is 3.11. The first-order chi connectivity index (χ1) is 14.4. The zero-order chi connectivity index (χ0) is 21.7. The number of methoxy groups -OCH3 is 1. The number of carbonyl (C=O) groups excluding carboxylic acids is 1. The van der Waals surface area contributed by atoms with Crippen molar-refractivity contribution in [1.82, 2.24) is 15.1 Å². The quantitative estimate of drug-likeness (QED) is 0.609. The summed E-state index contributed by atoms with van der Waals surface area (Å²) >= 11 is 0. The zero-order valence-corrected chi connectivity index (χ0v) is 16.5. The van der Waals surface area contributed by atoms with E-state index < -0.39 is 6.61 Å². The van der Waals surface area contributed by atoms with Crippen molar-refractivity contribution >= 4 is 16.7 Å². The third-order valence-electron chi connectivity index (χ3n) is 4.53. The van der Waals surface area contributed by atoms with Crippen molar-refractivity contribution in [1.29, 1.82) is 0 Å². The number of aromatic nitrogens is 2. The summed E-state index contributed by atoms with van der Waals surface area (Å²) in [7, 11) is 1.36. The van der Waals surface area contributed by atoms with Crippen molar-refractivity contribution < 1.29 is 23.0 Å². The topological polar surface area (TPSA) is 82.5 Å². The van der Waals surface area contributed by atoms with Crippen LogP contribution in [-0.4, -0.2) is 36.0 Å². The highest BCUT2D eigenvalue weighted by Gasteiger charge is 2.13. The van der Waals surface area contributed by atoms with Gasteiger partial charge in [0.1, 0.15) is 6.54 Å². The van der Waals surface area contributed by atoms with E-state index in [1.807, 2.05) is 12.1 Å². The second-order valence-corrected chi connectivity index (χ2v) is 6.56. The van der Waals surface area contributed by atoms with E-state index in [1.54, 1.807) is 25.1 Å². The van der Waals surface area contributed by atoms with Gasteiger partial charge in [0.2, 0.25) is 5.91 Å². The molecule has 0 saturated heterocycles. The third-order valence-corrected chi connectivity index (χ3v) is 4.53. The van der Waals surface area contributed by atoms with Gasteiger partial charge in [0.05, 0.1) is 18.2 Å². The van der Waals surface area contributed by atoms with E-state index in [4.69, 9.17) is 4.74 Å². The molecule has 2 aromatic carbocycles. The van der Waals surface area contributed by atoms with Gasteiger partial charge in [-0.05, 0) is 37.1 Å². The summed E-state index contributed by atoms with van der Waals surface area (Å²) < 4.78 is 35.6. The van der Waals surface area contributed by atoms with Crippen LogP contribution in [0.2, 0.25) is 0 Å². The van der Waals surface area contributed by atoms with Gasteiger partial charge in [0.25, 0.3) is 5.56 Å². The molecule has 0 aliphatic carbocycles. The predicted octanol–water partition coefficient (Wildman–Crippen LogP) is 2.67. The summed E-state index contributed by atoms with van der Waals surface area (Å²) in [6.07, 6.45) is 0.383. The molecule has 3 aromatic rings. The van der Waals surface area contributed by atoms with Crippen LogP contribution in [0.5, 0.6) is 11.5 Å². The summed E-state index contributed by atoms with van der Waals surface area (Å²) in [4.78, 5) is 24.8. The zero-order valence-electron chi connectivity index (χ0n) is 16.5. The van der Waals surface area contributed by atoms with E-state index in [-0.39, 0.29) is 36.1 Å². The Kier molecular flexibility index (Phi) is 6.61. The van der Waals surface area contributed by atoms with Gasteiger partial charge in [-0.15, -0.1) is 0 Å². The molecular weight excluding hydrogens is 396 g/mol. The molecule has 0 fully saturated rings. The molecule has 3 rings (SSSR count). The highest BCUT2D eigenvalue weighted by atomic mass is 19.3. The van der Waals surface area contributed by atoms with Gasteiger partial charge in [0, 0.05) is 11.9 Å². The molecule has 1 aromatic heterocycles. The van der Waals surface area contributed by atoms with Crippen LogP contribution in [0, 0.1) is 6.92 Å². The normalized spacial score (nSPS) is 11.0. The molecule has 0 bridgehead atoms. The molecule has 0 radical (unpaired) electrons. The Morgan fingerprint density at radius 3 is 2.60 bits per heavy atom. The predicted molar refractivity (Wildman–Crippen MR) is 107 cm³/mol. The average molecular weight is 417 g/mol. The highest BCUT2D eigenvalue weighted by Crippen LogP contribution is 2.29.